The Labute approximate surface area is 288 Å². The number of nitrogens with zero attached hydrogens (tertiary/aromatic N) is 1. The second-order valence-electron chi connectivity index (χ2n) is 11.3. The first-order valence-electron chi connectivity index (χ1n) is 15.6. The van der Waals surface area contributed by atoms with Gasteiger partial charge in [-0.25, -0.2) is 19.2 Å². The number of hydrogen-bond acceptors (Lipinski definition) is 11. The Morgan fingerprint density at radius 2 is 1.22 bits per heavy atom. The Kier molecular flexibility index (Phi) is 13.7. The number of ether oxygens (including phenoxy) is 3. The summed E-state index contributed by atoms with van der Waals surface area (Å²) in [6.07, 6.45) is -0.793. The first-order valence-corrected chi connectivity index (χ1v) is 15.9. The van der Waals surface area contributed by atoms with Crippen LogP contribution in [0.1, 0.15) is 62.0 Å². The van der Waals surface area contributed by atoms with Crippen LogP contribution in [0, 0.1) is 13.8 Å². The largest absolute Gasteiger partial charge is 0.387 e. The molecule has 1 saturated heterocycles. The Morgan fingerprint density at radius 3 is 1.67 bits per heavy atom. The molecule has 0 unspecified atom stereocenters. The summed E-state index contributed by atoms with van der Waals surface area (Å²) < 4.78 is 15.2. The number of aryl methyl sites for hydroxylation is 2. The van der Waals surface area contributed by atoms with Crippen LogP contribution in [0.4, 0.5) is 0 Å². The van der Waals surface area contributed by atoms with Crippen molar-refractivity contribution in [3.8, 4) is 0 Å². The summed E-state index contributed by atoms with van der Waals surface area (Å²) in [5, 5.41) is 23.6. The van der Waals surface area contributed by atoms with Gasteiger partial charge >= 0.3 is 23.9 Å². The third kappa shape index (κ3) is 11.1. The van der Waals surface area contributed by atoms with Crippen LogP contribution in [-0.4, -0.2) is 70.5 Å². The standard InChI is InChI=1S/C20H18O8.C17H19ClN2O/c1-11-3-7-13(8-4-11)17(23)27-19(25)15(21)16(22)20(26)28-18(24)14-9-5-12(2)6-10-14;18-14-6-4-13(5-7-14)17(16-3-1-2-10-20-16)21-15-8-11-19-12-9-15/h3-10,15-16,21-22H,1-2H3;1-7,10,15,17,19H,8-9,11-12H2/t15-,16-;17-/m00/s1. The van der Waals surface area contributed by atoms with Crippen molar-refractivity contribution in [3.05, 3.63) is 136 Å². The van der Waals surface area contributed by atoms with E-state index in [1.165, 1.54) is 24.3 Å². The van der Waals surface area contributed by atoms with Gasteiger partial charge in [0.15, 0.2) is 12.2 Å². The van der Waals surface area contributed by atoms with Gasteiger partial charge in [-0.1, -0.05) is 65.2 Å². The first kappa shape index (κ1) is 37.0. The predicted molar refractivity (Wildman–Crippen MR) is 180 cm³/mol. The average Bonchev–Trinajstić information content (AvgIpc) is 3.12. The Balaban J connectivity index is 0.000000229. The fraction of sp³-hybridized carbons (Fsp3) is 0.270. The number of carbonyl (C=O) groups is 4. The molecule has 2 heterocycles. The van der Waals surface area contributed by atoms with Crippen LogP contribution >= 0.6 is 11.6 Å². The Morgan fingerprint density at radius 1 is 0.735 bits per heavy atom. The van der Waals surface area contributed by atoms with Crippen LogP contribution in [0.5, 0.6) is 0 Å². The number of aliphatic hydroxyl groups excluding tert-OH is 2. The van der Waals surface area contributed by atoms with Gasteiger partial charge < -0.3 is 29.7 Å². The molecule has 0 saturated carbocycles. The van der Waals surface area contributed by atoms with Crippen molar-refractivity contribution in [1.82, 2.24) is 10.3 Å². The second kappa shape index (κ2) is 18.1. The number of benzene rings is 3. The molecule has 256 valence electrons. The maximum Gasteiger partial charge on any atom is 0.346 e. The molecule has 12 heteroatoms. The normalized spacial score (nSPS) is 14.7. The SMILES string of the molecule is Cc1ccc(C(=O)OC(=O)[C@@H](O)[C@H](O)C(=O)OC(=O)c2ccc(C)cc2)cc1.Clc1ccc([C@H](OC2CCNCC2)c2ccccn2)cc1. The summed E-state index contributed by atoms with van der Waals surface area (Å²) in [6, 6.07) is 25.8. The fourth-order valence-corrected chi connectivity index (χ4v) is 4.80. The molecule has 3 atom stereocenters. The van der Waals surface area contributed by atoms with Gasteiger partial charge in [0.05, 0.1) is 22.9 Å². The number of aromatic nitrogens is 1. The molecule has 5 rings (SSSR count). The van der Waals surface area contributed by atoms with Crippen molar-refractivity contribution in [2.24, 2.45) is 0 Å². The number of carbonyl (C=O) groups excluding carboxylic acids is 4. The monoisotopic (exact) mass is 688 g/mol. The molecule has 3 aromatic carbocycles. The van der Waals surface area contributed by atoms with Gasteiger partial charge in [0.1, 0.15) is 6.10 Å². The molecule has 0 aliphatic carbocycles. The lowest BCUT2D eigenvalue weighted by atomic mass is 10.0. The van der Waals surface area contributed by atoms with Gasteiger partial charge in [-0.15, -0.1) is 0 Å². The second-order valence-corrected chi connectivity index (χ2v) is 11.7. The quantitative estimate of drug-likeness (QED) is 0.165. The highest BCUT2D eigenvalue weighted by Crippen LogP contribution is 2.29. The minimum Gasteiger partial charge on any atom is -0.387 e. The maximum absolute atomic E-state index is 11.8. The smallest absolute Gasteiger partial charge is 0.346 e. The highest BCUT2D eigenvalue weighted by atomic mass is 35.5. The number of nitrogens with one attached hydrogen (secondary N) is 1. The van der Waals surface area contributed by atoms with E-state index in [1.807, 2.05) is 48.7 Å². The number of esters is 4. The first-order chi connectivity index (χ1) is 23.5. The molecule has 1 aromatic heterocycles. The van der Waals surface area contributed by atoms with Crippen LogP contribution in [-0.2, 0) is 23.8 Å². The topological polar surface area (TPSA) is 161 Å². The average molecular weight is 689 g/mol. The molecule has 0 spiro atoms. The molecule has 1 aliphatic rings. The van der Waals surface area contributed by atoms with Crippen molar-refractivity contribution in [3.63, 3.8) is 0 Å². The van der Waals surface area contributed by atoms with Gasteiger partial charge in [0, 0.05) is 11.2 Å². The van der Waals surface area contributed by atoms with E-state index < -0.39 is 36.1 Å². The summed E-state index contributed by atoms with van der Waals surface area (Å²) in [5.74, 6) is -5.25. The fourth-order valence-electron chi connectivity index (χ4n) is 4.67. The van der Waals surface area contributed by atoms with Crippen LogP contribution in [0.15, 0.2) is 97.2 Å². The van der Waals surface area contributed by atoms with E-state index in [2.05, 4.69) is 19.8 Å². The number of aliphatic hydroxyl groups is 2. The van der Waals surface area contributed by atoms with Crippen LogP contribution in [0.3, 0.4) is 0 Å². The van der Waals surface area contributed by atoms with Crippen LogP contribution in [0.25, 0.3) is 0 Å². The highest BCUT2D eigenvalue weighted by Gasteiger charge is 2.35. The van der Waals surface area contributed by atoms with E-state index in [9.17, 15) is 29.4 Å². The van der Waals surface area contributed by atoms with Crippen molar-refractivity contribution in [1.29, 1.82) is 0 Å². The highest BCUT2D eigenvalue weighted by molar-refractivity contribution is 6.30. The molecule has 11 nitrogen and oxygen atoms in total. The zero-order chi connectivity index (χ0) is 35.3. The molecule has 0 amide bonds. The molecule has 0 bridgehead atoms. The van der Waals surface area contributed by atoms with Crippen LogP contribution < -0.4 is 5.32 Å². The van der Waals surface area contributed by atoms with E-state index in [4.69, 9.17) is 16.3 Å². The summed E-state index contributed by atoms with van der Waals surface area (Å²) in [4.78, 5) is 51.7. The maximum atomic E-state index is 11.8. The summed E-state index contributed by atoms with van der Waals surface area (Å²) in [7, 11) is 0. The number of piperidine rings is 1. The van der Waals surface area contributed by atoms with Gasteiger partial charge in [-0.3, -0.25) is 4.98 Å². The van der Waals surface area contributed by atoms with Crippen molar-refractivity contribution < 1.29 is 43.6 Å². The Hall–Kier alpha value is -4.78. The lowest BCUT2D eigenvalue weighted by Gasteiger charge is -2.28. The molecule has 1 fully saturated rings. The Bertz CT molecular complexity index is 1620. The molecule has 3 N–H and O–H groups in total. The number of halogens is 1. The molecular weight excluding hydrogens is 652 g/mol. The predicted octanol–water partition coefficient (Wildman–Crippen LogP) is 4.69. The van der Waals surface area contributed by atoms with Crippen LogP contribution in [0.2, 0.25) is 5.02 Å². The third-order valence-corrected chi connectivity index (χ3v) is 7.74. The van der Waals surface area contributed by atoms with E-state index in [-0.39, 0.29) is 23.3 Å². The number of rotatable bonds is 9. The minimum atomic E-state index is -2.41. The molecule has 4 aromatic rings. The van der Waals surface area contributed by atoms with E-state index >= 15 is 0 Å². The zero-order valence-corrected chi connectivity index (χ0v) is 27.7. The van der Waals surface area contributed by atoms with Crippen molar-refractivity contribution >= 4 is 35.5 Å². The van der Waals surface area contributed by atoms with Gasteiger partial charge in [-0.05, 0) is 93.9 Å². The minimum absolute atomic E-state index is 0.0396. The molecule has 1 aliphatic heterocycles. The number of hydrogen-bond donors (Lipinski definition) is 3. The summed E-state index contributed by atoms with van der Waals surface area (Å²) in [6.45, 7) is 5.62. The summed E-state index contributed by atoms with van der Waals surface area (Å²) >= 11 is 5.99. The third-order valence-electron chi connectivity index (χ3n) is 7.49. The van der Waals surface area contributed by atoms with Gasteiger partial charge in [0.25, 0.3) is 0 Å². The van der Waals surface area contributed by atoms with Crippen molar-refractivity contribution in [2.75, 3.05) is 13.1 Å². The van der Waals surface area contributed by atoms with Crippen molar-refractivity contribution in [2.45, 2.75) is 51.1 Å². The lowest BCUT2D eigenvalue weighted by Crippen LogP contribution is -2.43. The summed E-state index contributed by atoms with van der Waals surface area (Å²) in [5.41, 5.74) is 3.86. The van der Waals surface area contributed by atoms with E-state index in [0.29, 0.717) is 0 Å². The molecular formula is C37H37ClN2O9. The van der Waals surface area contributed by atoms with Gasteiger partial charge in [-0.2, -0.15) is 0 Å². The number of pyridine rings is 1. The zero-order valence-electron chi connectivity index (χ0n) is 27.0. The lowest BCUT2D eigenvalue weighted by molar-refractivity contribution is -0.166. The molecule has 0 radical (unpaired) electrons. The molecule has 49 heavy (non-hydrogen) atoms. The van der Waals surface area contributed by atoms with E-state index in [1.54, 1.807) is 38.1 Å². The van der Waals surface area contributed by atoms with Gasteiger partial charge in [0.2, 0.25) is 0 Å². The van der Waals surface area contributed by atoms with E-state index in [0.717, 1.165) is 53.3 Å².